The molecule has 3 rings (SSSR count). The van der Waals surface area contributed by atoms with Gasteiger partial charge in [0.25, 0.3) is 0 Å². The number of anilines is 3. The second-order valence-electron chi connectivity index (χ2n) is 4.68. The Hall–Kier alpha value is -2.65. The molecule has 2 aromatic rings. The molecular weight excluding hydrogens is 266 g/mol. The van der Waals surface area contributed by atoms with Crippen molar-refractivity contribution in [1.29, 1.82) is 5.26 Å². The van der Waals surface area contributed by atoms with Gasteiger partial charge in [-0.2, -0.15) is 5.26 Å². The third kappa shape index (κ3) is 3.27. The molecule has 1 fully saturated rings. The Morgan fingerprint density at radius 1 is 1.19 bits per heavy atom. The summed E-state index contributed by atoms with van der Waals surface area (Å²) in [5.41, 5.74) is 1.45. The third-order valence-corrected chi connectivity index (χ3v) is 3.25. The molecule has 0 bridgehead atoms. The van der Waals surface area contributed by atoms with Gasteiger partial charge in [-0.1, -0.05) is 6.07 Å². The zero-order chi connectivity index (χ0) is 14.5. The van der Waals surface area contributed by atoms with Crippen molar-refractivity contribution >= 4 is 17.3 Å². The van der Waals surface area contributed by atoms with Gasteiger partial charge in [-0.15, -0.1) is 0 Å². The lowest BCUT2D eigenvalue weighted by Gasteiger charge is -2.27. The van der Waals surface area contributed by atoms with Crippen molar-refractivity contribution in [3.8, 4) is 6.07 Å². The second-order valence-corrected chi connectivity index (χ2v) is 4.68. The molecule has 1 aromatic carbocycles. The van der Waals surface area contributed by atoms with Crippen molar-refractivity contribution in [2.75, 3.05) is 36.5 Å². The number of nitriles is 1. The van der Waals surface area contributed by atoms with Crippen LogP contribution in [0.15, 0.2) is 36.7 Å². The Morgan fingerprint density at radius 2 is 2.05 bits per heavy atom. The Kier molecular flexibility index (Phi) is 3.94. The van der Waals surface area contributed by atoms with Gasteiger partial charge < -0.3 is 15.0 Å². The van der Waals surface area contributed by atoms with Crippen LogP contribution in [0.3, 0.4) is 0 Å². The molecule has 1 N–H and O–H groups in total. The number of benzene rings is 1. The molecule has 6 nitrogen and oxygen atoms in total. The predicted molar refractivity (Wildman–Crippen MR) is 79.5 cm³/mol. The fourth-order valence-electron chi connectivity index (χ4n) is 2.20. The van der Waals surface area contributed by atoms with Gasteiger partial charge in [0.2, 0.25) is 0 Å². The van der Waals surface area contributed by atoms with E-state index in [0.717, 1.165) is 37.8 Å². The van der Waals surface area contributed by atoms with Crippen LogP contribution >= 0.6 is 0 Å². The van der Waals surface area contributed by atoms with Gasteiger partial charge in [0, 0.05) is 24.8 Å². The largest absolute Gasteiger partial charge is 0.378 e. The van der Waals surface area contributed by atoms with Crippen LogP contribution in [-0.2, 0) is 4.74 Å². The molecule has 1 aliphatic rings. The number of ether oxygens (including phenoxy) is 1. The van der Waals surface area contributed by atoms with Crippen LogP contribution in [0.25, 0.3) is 0 Å². The molecule has 6 heteroatoms. The van der Waals surface area contributed by atoms with E-state index in [9.17, 15) is 0 Å². The molecule has 0 atom stereocenters. The van der Waals surface area contributed by atoms with Gasteiger partial charge in [0.05, 0.1) is 24.8 Å². The van der Waals surface area contributed by atoms with Crippen LogP contribution in [0.1, 0.15) is 5.56 Å². The molecule has 0 aliphatic carbocycles. The minimum absolute atomic E-state index is 0.613. The summed E-state index contributed by atoms with van der Waals surface area (Å²) in [6.45, 7) is 3.11. The number of hydrogen-bond acceptors (Lipinski definition) is 6. The molecule has 0 radical (unpaired) electrons. The van der Waals surface area contributed by atoms with E-state index in [4.69, 9.17) is 10.00 Å². The minimum atomic E-state index is 0.613. The van der Waals surface area contributed by atoms with Crippen LogP contribution in [0.5, 0.6) is 0 Å². The Morgan fingerprint density at radius 3 is 2.86 bits per heavy atom. The Bertz CT molecular complexity index is 661. The van der Waals surface area contributed by atoms with Crippen molar-refractivity contribution in [3.63, 3.8) is 0 Å². The molecule has 1 aromatic heterocycles. The molecule has 1 aliphatic heterocycles. The van der Waals surface area contributed by atoms with Crippen molar-refractivity contribution < 1.29 is 4.74 Å². The Balaban J connectivity index is 1.77. The summed E-state index contributed by atoms with van der Waals surface area (Å²) in [5.74, 6) is 1.59. The third-order valence-electron chi connectivity index (χ3n) is 3.25. The maximum atomic E-state index is 8.92. The summed E-state index contributed by atoms with van der Waals surface area (Å²) in [4.78, 5) is 10.7. The van der Waals surface area contributed by atoms with Crippen LogP contribution in [0.4, 0.5) is 17.3 Å². The highest BCUT2D eigenvalue weighted by atomic mass is 16.5. The standard InChI is InChI=1S/C15H15N5O/c16-10-12-2-1-3-13(8-12)19-14-9-15(18-11-17-14)20-4-6-21-7-5-20/h1-3,8-9,11H,4-7H2,(H,17,18,19). The van der Waals surface area contributed by atoms with E-state index in [1.165, 1.54) is 0 Å². The highest BCUT2D eigenvalue weighted by Gasteiger charge is 2.13. The number of hydrogen-bond donors (Lipinski definition) is 1. The van der Waals surface area contributed by atoms with Gasteiger partial charge in [-0.25, -0.2) is 9.97 Å². The van der Waals surface area contributed by atoms with E-state index >= 15 is 0 Å². The highest BCUT2D eigenvalue weighted by Crippen LogP contribution is 2.19. The van der Waals surface area contributed by atoms with Crippen molar-refractivity contribution in [2.45, 2.75) is 0 Å². The maximum absolute atomic E-state index is 8.92. The predicted octanol–water partition coefficient (Wildman–Crippen LogP) is 1.93. The molecule has 21 heavy (non-hydrogen) atoms. The van der Waals surface area contributed by atoms with E-state index < -0.39 is 0 Å². The molecule has 2 heterocycles. The van der Waals surface area contributed by atoms with Crippen LogP contribution in [0.2, 0.25) is 0 Å². The molecule has 0 saturated carbocycles. The highest BCUT2D eigenvalue weighted by molar-refractivity contribution is 5.61. The smallest absolute Gasteiger partial charge is 0.135 e. The van der Waals surface area contributed by atoms with Gasteiger partial charge in [0.15, 0.2) is 0 Å². The summed E-state index contributed by atoms with van der Waals surface area (Å²) in [6.07, 6.45) is 1.54. The molecule has 0 amide bonds. The SMILES string of the molecule is N#Cc1cccc(Nc2cc(N3CCOCC3)ncn2)c1. The van der Waals surface area contributed by atoms with Gasteiger partial charge in [-0.05, 0) is 18.2 Å². The first-order chi connectivity index (χ1) is 10.3. The minimum Gasteiger partial charge on any atom is -0.378 e. The van der Waals surface area contributed by atoms with E-state index in [1.54, 1.807) is 18.5 Å². The molecule has 0 spiro atoms. The number of aromatic nitrogens is 2. The van der Waals surface area contributed by atoms with Crippen LogP contribution in [0, 0.1) is 11.3 Å². The average molecular weight is 281 g/mol. The fourth-order valence-corrected chi connectivity index (χ4v) is 2.20. The zero-order valence-corrected chi connectivity index (χ0v) is 11.5. The van der Waals surface area contributed by atoms with Crippen molar-refractivity contribution in [1.82, 2.24) is 9.97 Å². The van der Waals surface area contributed by atoms with E-state index in [1.807, 2.05) is 18.2 Å². The van der Waals surface area contributed by atoms with Gasteiger partial charge >= 0.3 is 0 Å². The molecular formula is C15H15N5O. The monoisotopic (exact) mass is 281 g/mol. The van der Waals surface area contributed by atoms with Gasteiger partial charge in [-0.3, -0.25) is 0 Å². The first-order valence-corrected chi connectivity index (χ1v) is 6.77. The summed E-state index contributed by atoms with van der Waals surface area (Å²) < 4.78 is 5.34. The fraction of sp³-hybridized carbons (Fsp3) is 0.267. The molecule has 0 unspecified atom stereocenters. The second kappa shape index (κ2) is 6.20. The van der Waals surface area contributed by atoms with E-state index in [0.29, 0.717) is 11.4 Å². The first kappa shape index (κ1) is 13.3. The van der Waals surface area contributed by atoms with Crippen LogP contribution in [-0.4, -0.2) is 36.3 Å². The molecule has 106 valence electrons. The lowest BCUT2D eigenvalue weighted by atomic mass is 10.2. The summed E-state index contributed by atoms with van der Waals surface area (Å²) in [5, 5.41) is 12.1. The zero-order valence-electron chi connectivity index (χ0n) is 11.5. The average Bonchev–Trinajstić information content (AvgIpc) is 2.56. The summed E-state index contributed by atoms with van der Waals surface area (Å²) >= 11 is 0. The Labute approximate surface area is 123 Å². The van der Waals surface area contributed by atoms with Gasteiger partial charge in [0.1, 0.15) is 18.0 Å². The first-order valence-electron chi connectivity index (χ1n) is 6.77. The number of morpholine rings is 1. The number of rotatable bonds is 3. The maximum Gasteiger partial charge on any atom is 0.135 e. The van der Waals surface area contributed by atoms with Crippen molar-refractivity contribution in [2.24, 2.45) is 0 Å². The lowest BCUT2D eigenvalue weighted by molar-refractivity contribution is 0.122. The number of nitrogens with one attached hydrogen (secondary N) is 1. The quantitative estimate of drug-likeness (QED) is 0.926. The van der Waals surface area contributed by atoms with Crippen LogP contribution < -0.4 is 10.2 Å². The summed E-state index contributed by atoms with van der Waals surface area (Å²) in [6, 6.07) is 11.3. The normalized spacial score (nSPS) is 14.5. The van der Waals surface area contributed by atoms with E-state index in [2.05, 4.69) is 26.3 Å². The lowest BCUT2D eigenvalue weighted by Crippen LogP contribution is -2.36. The van der Waals surface area contributed by atoms with Crippen molar-refractivity contribution in [3.05, 3.63) is 42.2 Å². The van der Waals surface area contributed by atoms with E-state index in [-0.39, 0.29) is 0 Å². The topological polar surface area (TPSA) is 74.1 Å². The molecule has 1 saturated heterocycles. The number of nitrogens with zero attached hydrogens (tertiary/aromatic N) is 4. The summed E-state index contributed by atoms with van der Waals surface area (Å²) in [7, 11) is 0.